The predicted octanol–water partition coefficient (Wildman–Crippen LogP) is 3.49. The second-order valence-electron chi connectivity index (χ2n) is 5.08. The Hall–Kier alpha value is -1.54. The van der Waals surface area contributed by atoms with Crippen LogP contribution in [0.3, 0.4) is 0 Å². The minimum Gasteiger partial charge on any atom is -0.196 e. The van der Waals surface area contributed by atoms with Gasteiger partial charge < -0.3 is 0 Å². The lowest BCUT2D eigenvalue weighted by atomic mass is 9.63. The molecule has 2 nitrogen and oxygen atoms in total. The normalized spacial score (nSPS) is 31.6. The Bertz CT molecular complexity index is 417. The molecule has 1 atom stereocenters. The maximum absolute atomic E-state index is 9.37. The van der Waals surface area contributed by atoms with E-state index in [0.29, 0.717) is 6.42 Å². The number of hydrogen-bond donors (Lipinski definition) is 0. The first-order chi connectivity index (χ1) is 7.67. The Morgan fingerprint density at radius 3 is 2.56 bits per heavy atom. The molecule has 2 aliphatic rings. The summed E-state index contributed by atoms with van der Waals surface area (Å²) in [6.45, 7) is 2.19. The van der Waals surface area contributed by atoms with E-state index < -0.39 is 5.41 Å². The van der Waals surface area contributed by atoms with E-state index in [9.17, 15) is 10.5 Å². The van der Waals surface area contributed by atoms with E-state index in [-0.39, 0.29) is 5.41 Å². The van der Waals surface area contributed by atoms with Crippen LogP contribution < -0.4 is 0 Å². The van der Waals surface area contributed by atoms with Gasteiger partial charge in [0.25, 0.3) is 0 Å². The number of allylic oxidation sites excluding steroid dienone is 4. The van der Waals surface area contributed by atoms with Crippen LogP contribution in [0.15, 0.2) is 23.8 Å². The number of hydrogen-bond acceptors (Lipinski definition) is 2. The summed E-state index contributed by atoms with van der Waals surface area (Å²) in [4.78, 5) is 0. The Morgan fingerprint density at radius 1 is 1.19 bits per heavy atom. The molecule has 0 spiro atoms. The molecule has 0 heterocycles. The molecule has 1 unspecified atom stereocenters. The summed E-state index contributed by atoms with van der Waals surface area (Å²) >= 11 is 0. The zero-order valence-corrected chi connectivity index (χ0v) is 9.66. The number of fused-ring (bicyclic) bond motifs is 1. The monoisotopic (exact) mass is 212 g/mol. The van der Waals surface area contributed by atoms with Gasteiger partial charge in [-0.15, -0.1) is 0 Å². The van der Waals surface area contributed by atoms with Crippen LogP contribution >= 0.6 is 0 Å². The van der Waals surface area contributed by atoms with E-state index in [4.69, 9.17) is 0 Å². The van der Waals surface area contributed by atoms with Crippen LogP contribution in [-0.4, -0.2) is 0 Å². The molecule has 0 fully saturated rings. The van der Waals surface area contributed by atoms with Crippen molar-refractivity contribution >= 4 is 0 Å². The largest absolute Gasteiger partial charge is 0.196 e. The van der Waals surface area contributed by atoms with Gasteiger partial charge in [0, 0.05) is 6.42 Å². The van der Waals surface area contributed by atoms with Crippen LogP contribution in [0.5, 0.6) is 0 Å². The van der Waals surface area contributed by atoms with Gasteiger partial charge in [-0.05, 0) is 36.7 Å². The third-order valence-corrected chi connectivity index (χ3v) is 3.93. The number of nitrogens with zero attached hydrogens (tertiary/aromatic N) is 2. The van der Waals surface area contributed by atoms with Crippen molar-refractivity contribution in [2.75, 3.05) is 0 Å². The molecule has 82 valence electrons. The van der Waals surface area contributed by atoms with Crippen molar-refractivity contribution in [3.8, 4) is 12.1 Å². The molecule has 0 radical (unpaired) electrons. The Morgan fingerprint density at radius 2 is 1.88 bits per heavy atom. The molecule has 0 N–H and O–H groups in total. The fourth-order valence-corrected chi connectivity index (χ4v) is 2.97. The van der Waals surface area contributed by atoms with E-state index in [1.807, 2.05) is 6.08 Å². The van der Waals surface area contributed by atoms with Crippen molar-refractivity contribution in [1.82, 2.24) is 0 Å². The van der Waals surface area contributed by atoms with Gasteiger partial charge in [-0.1, -0.05) is 25.2 Å². The van der Waals surface area contributed by atoms with Crippen molar-refractivity contribution < 1.29 is 0 Å². The Balaban J connectivity index is 2.56. The summed E-state index contributed by atoms with van der Waals surface area (Å²) in [5.41, 5.74) is 0.181. The van der Waals surface area contributed by atoms with Gasteiger partial charge in [-0.3, -0.25) is 0 Å². The molecule has 2 rings (SSSR count). The van der Waals surface area contributed by atoms with Crippen LogP contribution in [0.2, 0.25) is 0 Å². The third kappa shape index (κ3) is 1.46. The highest BCUT2D eigenvalue weighted by Crippen LogP contribution is 2.51. The van der Waals surface area contributed by atoms with E-state index in [1.165, 1.54) is 6.42 Å². The van der Waals surface area contributed by atoms with E-state index in [0.717, 1.165) is 24.8 Å². The molecule has 0 aliphatic heterocycles. The fourth-order valence-electron chi connectivity index (χ4n) is 2.97. The minimum atomic E-state index is -0.915. The molecule has 0 bridgehead atoms. The molecule has 2 heteroatoms. The number of nitriles is 2. The van der Waals surface area contributed by atoms with Gasteiger partial charge in [-0.25, -0.2) is 0 Å². The summed E-state index contributed by atoms with van der Waals surface area (Å²) in [7, 11) is 0. The Labute approximate surface area is 96.9 Å². The van der Waals surface area contributed by atoms with Gasteiger partial charge in [0.05, 0.1) is 12.1 Å². The van der Waals surface area contributed by atoms with Crippen molar-refractivity contribution in [1.29, 1.82) is 10.5 Å². The first kappa shape index (κ1) is 11.0. The van der Waals surface area contributed by atoms with E-state index >= 15 is 0 Å². The van der Waals surface area contributed by atoms with Crippen LogP contribution in [-0.2, 0) is 0 Å². The standard InChI is InChI=1S/C14H16N2/c1-13-7-3-2-6-12(13)14(10-15,11-16)9-5-4-8-13/h4-6H,2-3,7-9H2,1H3. The van der Waals surface area contributed by atoms with Crippen molar-refractivity contribution in [3.05, 3.63) is 23.8 Å². The van der Waals surface area contributed by atoms with Gasteiger partial charge in [-0.2, -0.15) is 10.5 Å². The SMILES string of the molecule is CC12CC=CCC(C#N)(C#N)C1=CCCC2. The maximum atomic E-state index is 9.37. The minimum absolute atomic E-state index is 0.0245. The van der Waals surface area contributed by atoms with Crippen LogP contribution in [0.25, 0.3) is 0 Å². The summed E-state index contributed by atoms with van der Waals surface area (Å²) < 4.78 is 0. The second-order valence-corrected chi connectivity index (χ2v) is 5.08. The highest BCUT2D eigenvalue weighted by molar-refractivity contribution is 5.40. The second kappa shape index (κ2) is 3.80. The molecular weight excluding hydrogens is 196 g/mol. The highest BCUT2D eigenvalue weighted by Gasteiger charge is 2.45. The molecule has 0 aromatic rings. The smallest absolute Gasteiger partial charge is 0.168 e. The summed E-state index contributed by atoms with van der Waals surface area (Å²) in [5, 5.41) is 18.7. The molecule has 0 aromatic heterocycles. The average molecular weight is 212 g/mol. The first-order valence-corrected chi connectivity index (χ1v) is 5.85. The van der Waals surface area contributed by atoms with E-state index in [2.05, 4.69) is 31.2 Å². The zero-order valence-electron chi connectivity index (χ0n) is 9.66. The number of rotatable bonds is 0. The molecule has 0 aromatic carbocycles. The van der Waals surface area contributed by atoms with Crippen LogP contribution in [0.4, 0.5) is 0 Å². The lowest BCUT2D eigenvalue weighted by molar-refractivity contribution is 0.303. The lowest BCUT2D eigenvalue weighted by Gasteiger charge is -2.38. The van der Waals surface area contributed by atoms with Gasteiger partial charge in [0.15, 0.2) is 5.41 Å². The average Bonchev–Trinajstić information content (AvgIpc) is 2.46. The topological polar surface area (TPSA) is 47.6 Å². The van der Waals surface area contributed by atoms with Crippen LogP contribution in [0.1, 0.15) is 39.0 Å². The zero-order chi connectivity index (χ0) is 11.6. The predicted molar refractivity (Wildman–Crippen MR) is 62.1 cm³/mol. The van der Waals surface area contributed by atoms with Gasteiger partial charge >= 0.3 is 0 Å². The lowest BCUT2D eigenvalue weighted by Crippen LogP contribution is -2.32. The quantitative estimate of drug-likeness (QED) is 0.577. The maximum Gasteiger partial charge on any atom is 0.168 e. The Kier molecular flexibility index (Phi) is 2.60. The highest BCUT2D eigenvalue weighted by atomic mass is 14.5. The molecule has 16 heavy (non-hydrogen) atoms. The molecular formula is C14H16N2. The van der Waals surface area contributed by atoms with Gasteiger partial charge in [0.2, 0.25) is 0 Å². The molecule has 0 amide bonds. The molecule has 0 saturated carbocycles. The first-order valence-electron chi connectivity index (χ1n) is 5.85. The molecule has 0 saturated heterocycles. The van der Waals surface area contributed by atoms with Gasteiger partial charge in [0.1, 0.15) is 0 Å². The summed E-state index contributed by atoms with van der Waals surface area (Å²) in [5.74, 6) is 0. The van der Waals surface area contributed by atoms with Crippen LogP contribution in [0, 0.1) is 33.5 Å². The summed E-state index contributed by atoms with van der Waals surface area (Å²) in [6.07, 6.45) is 11.0. The molecule has 2 aliphatic carbocycles. The van der Waals surface area contributed by atoms with Crippen molar-refractivity contribution in [2.24, 2.45) is 10.8 Å². The van der Waals surface area contributed by atoms with E-state index in [1.54, 1.807) is 0 Å². The van der Waals surface area contributed by atoms with Crippen molar-refractivity contribution in [3.63, 3.8) is 0 Å². The third-order valence-electron chi connectivity index (χ3n) is 3.93. The fraction of sp³-hybridized carbons (Fsp3) is 0.571. The van der Waals surface area contributed by atoms with Crippen molar-refractivity contribution in [2.45, 2.75) is 39.0 Å². The summed E-state index contributed by atoms with van der Waals surface area (Å²) in [6, 6.07) is 4.50.